The van der Waals surface area contributed by atoms with E-state index in [1.54, 1.807) is 0 Å². The molecule has 5 rings (SSSR count). The quantitative estimate of drug-likeness (QED) is 0.430. The molecule has 2 aromatic heterocycles. The Morgan fingerprint density at radius 3 is 2.57 bits per heavy atom. The average Bonchev–Trinajstić information content (AvgIpc) is 3.05. The summed E-state index contributed by atoms with van der Waals surface area (Å²) in [6.07, 6.45) is 0. The zero-order valence-electron chi connectivity index (χ0n) is 14.5. The largest absolute Gasteiger partial charge is 0.380 e. The number of nitro groups is 1. The summed E-state index contributed by atoms with van der Waals surface area (Å²) in [7, 11) is 0. The molecular weight excluding hydrogens is 358 g/mol. The van der Waals surface area contributed by atoms with Crippen molar-refractivity contribution < 1.29 is 4.92 Å². The van der Waals surface area contributed by atoms with Gasteiger partial charge in [-0.05, 0) is 18.2 Å². The number of non-ortho nitro benzene ring substituents is 1. The van der Waals surface area contributed by atoms with Crippen LogP contribution in [0.5, 0.6) is 0 Å². The van der Waals surface area contributed by atoms with E-state index >= 15 is 0 Å². The maximum Gasteiger partial charge on any atom is 0.275 e. The van der Waals surface area contributed by atoms with Crippen LogP contribution in [-0.2, 0) is 6.54 Å². The van der Waals surface area contributed by atoms with Crippen molar-refractivity contribution in [1.82, 2.24) is 9.13 Å². The van der Waals surface area contributed by atoms with Crippen molar-refractivity contribution >= 4 is 33.3 Å². The van der Waals surface area contributed by atoms with Gasteiger partial charge in [-0.2, -0.15) is 5.26 Å². The topological polar surface area (TPSA) is 106 Å². The minimum absolute atomic E-state index is 0.0367. The number of pyridine rings is 1. The van der Waals surface area contributed by atoms with E-state index in [-0.39, 0.29) is 11.3 Å². The zero-order chi connectivity index (χ0) is 19.4. The van der Waals surface area contributed by atoms with E-state index in [1.807, 2.05) is 30.3 Å². The normalized spacial score (nSPS) is 12.7. The molecule has 0 saturated heterocycles. The molecule has 136 valence electrons. The third-order valence-corrected chi connectivity index (χ3v) is 5.14. The Balaban J connectivity index is 1.99. The fourth-order valence-corrected chi connectivity index (χ4v) is 3.97. The summed E-state index contributed by atoms with van der Waals surface area (Å²) in [5.74, 6) is 0. The Bertz CT molecular complexity index is 1390. The van der Waals surface area contributed by atoms with Gasteiger partial charge in [-0.1, -0.05) is 18.2 Å². The monoisotopic (exact) mass is 371 g/mol. The molecule has 1 aliphatic heterocycles. The smallest absolute Gasteiger partial charge is 0.275 e. The Labute approximate surface area is 158 Å². The minimum atomic E-state index is -0.486. The van der Waals surface area contributed by atoms with Crippen LogP contribution in [0, 0.1) is 21.4 Å². The van der Waals surface area contributed by atoms with E-state index in [0.717, 1.165) is 16.4 Å². The second-order valence-electron chi connectivity index (χ2n) is 6.57. The van der Waals surface area contributed by atoms with E-state index in [1.165, 1.54) is 28.8 Å². The maximum absolute atomic E-state index is 13.2. The molecule has 0 atom stereocenters. The molecule has 8 heteroatoms. The SMILES string of the molecule is N#Cc1c2c3c(c4ccccc4n3CCN2)n(-c2ccc([N+](=O)[O-])cc2)c1=O. The van der Waals surface area contributed by atoms with Crippen molar-refractivity contribution in [3.63, 3.8) is 0 Å². The molecule has 0 radical (unpaired) electrons. The highest BCUT2D eigenvalue weighted by atomic mass is 16.6. The molecule has 0 unspecified atom stereocenters. The van der Waals surface area contributed by atoms with Crippen LogP contribution >= 0.6 is 0 Å². The predicted octanol–water partition coefficient (Wildman–Crippen LogP) is 3.15. The van der Waals surface area contributed by atoms with Crippen LogP contribution in [0.1, 0.15) is 5.56 Å². The molecule has 4 aromatic rings. The predicted molar refractivity (Wildman–Crippen MR) is 105 cm³/mol. The number of nitro benzene ring substituents is 1. The molecule has 1 N–H and O–H groups in total. The Morgan fingerprint density at radius 2 is 1.86 bits per heavy atom. The van der Waals surface area contributed by atoms with Gasteiger partial charge < -0.3 is 9.88 Å². The summed E-state index contributed by atoms with van der Waals surface area (Å²) < 4.78 is 3.59. The number of para-hydroxylation sites is 1. The molecule has 0 fully saturated rings. The van der Waals surface area contributed by atoms with Gasteiger partial charge >= 0.3 is 0 Å². The number of fused-ring (bicyclic) bond motifs is 3. The van der Waals surface area contributed by atoms with Gasteiger partial charge in [0.05, 0.1) is 27.2 Å². The summed E-state index contributed by atoms with van der Waals surface area (Å²) in [6, 6.07) is 15.6. The third kappa shape index (κ3) is 2.01. The van der Waals surface area contributed by atoms with Crippen LogP contribution in [0.4, 0.5) is 11.4 Å². The molecule has 0 bridgehead atoms. The first-order valence-electron chi connectivity index (χ1n) is 8.70. The number of aromatic nitrogens is 2. The Morgan fingerprint density at radius 1 is 1.11 bits per heavy atom. The van der Waals surface area contributed by atoms with Crippen molar-refractivity contribution in [3.8, 4) is 11.8 Å². The van der Waals surface area contributed by atoms with Crippen molar-refractivity contribution in [3.05, 3.63) is 74.6 Å². The number of nitrogens with one attached hydrogen (secondary N) is 1. The van der Waals surface area contributed by atoms with Crippen LogP contribution in [-0.4, -0.2) is 20.6 Å². The van der Waals surface area contributed by atoms with E-state index in [4.69, 9.17) is 0 Å². The van der Waals surface area contributed by atoms with E-state index < -0.39 is 10.5 Å². The van der Waals surface area contributed by atoms with Gasteiger partial charge in [0.1, 0.15) is 11.6 Å². The summed E-state index contributed by atoms with van der Waals surface area (Å²) in [4.78, 5) is 23.7. The second kappa shape index (κ2) is 5.69. The van der Waals surface area contributed by atoms with E-state index in [9.17, 15) is 20.2 Å². The summed E-state index contributed by atoms with van der Waals surface area (Å²) in [5, 5.41) is 24.7. The lowest BCUT2D eigenvalue weighted by Gasteiger charge is -2.21. The maximum atomic E-state index is 13.2. The Hall–Kier alpha value is -4.12. The average molecular weight is 371 g/mol. The first-order valence-corrected chi connectivity index (χ1v) is 8.70. The molecule has 0 amide bonds. The van der Waals surface area contributed by atoms with Crippen molar-refractivity contribution in [2.45, 2.75) is 6.54 Å². The number of hydrogen-bond donors (Lipinski definition) is 1. The van der Waals surface area contributed by atoms with Crippen LogP contribution in [0.15, 0.2) is 53.3 Å². The first kappa shape index (κ1) is 16.1. The van der Waals surface area contributed by atoms with Gasteiger partial charge in [0.15, 0.2) is 0 Å². The van der Waals surface area contributed by atoms with Gasteiger partial charge in [0.25, 0.3) is 11.2 Å². The van der Waals surface area contributed by atoms with Gasteiger partial charge in [-0.15, -0.1) is 0 Å². The van der Waals surface area contributed by atoms with Crippen molar-refractivity contribution in [1.29, 1.82) is 5.26 Å². The number of nitriles is 1. The molecule has 8 nitrogen and oxygen atoms in total. The molecule has 2 aromatic carbocycles. The van der Waals surface area contributed by atoms with Crippen LogP contribution in [0.2, 0.25) is 0 Å². The van der Waals surface area contributed by atoms with Crippen LogP contribution in [0.25, 0.3) is 27.6 Å². The minimum Gasteiger partial charge on any atom is -0.380 e. The van der Waals surface area contributed by atoms with E-state index in [2.05, 4.69) is 9.88 Å². The third-order valence-electron chi connectivity index (χ3n) is 5.14. The first-order chi connectivity index (χ1) is 13.6. The van der Waals surface area contributed by atoms with Gasteiger partial charge in [-0.25, -0.2) is 0 Å². The molecule has 0 saturated carbocycles. The van der Waals surface area contributed by atoms with Crippen LogP contribution < -0.4 is 10.9 Å². The number of benzene rings is 2. The van der Waals surface area contributed by atoms with Crippen LogP contribution in [0.3, 0.4) is 0 Å². The number of hydrogen-bond acceptors (Lipinski definition) is 5. The lowest BCUT2D eigenvalue weighted by molar-refractivity contribution is -0.384. The molecule has 1 aliphatic rings. The fraction of sp³-hybridized carbons (Fsp3) is 0.100. The summed E-state index contributed by atoms with van der Waals surface area (Å²) in [6.45, 7) is 1.33. The number of anilines is 1. The highest BCUT2D eigenvalue weighted by Crippen LogP contribution is 2.37. The lowest BCUT2D eigenvalue weighted by atomic mass is 10.1. The van der Waals surface area contributed by atoms with Crippen molar-refractivity contribution in [2.75, 3.05) is 11.9 Å². The van der Waals surface area contributed by atoms with Gasteiger partial charge in [0.2, 0.25) is 0 Å². The highest BCUT2D eigenvalue weighted by molar-refractivity contribution is 6.12. The fourth-order valence-electron chi connectivity index (χ4n) is 3.97. The number of nitrogens with zero attached hydrogens (tertiary/aromatic N) is 4. The second-order valence-corrected chi connectivity index (χ2v) is 6.57. The van der Waals surface area contributed by atoms with Gasteiger partial charge in [-0.3, -0.25) is 19.5 Å². The Kier molecular flexibility index (Phi) is 3.27. The van der Waals surface area contributed by atoms with Gasteiger partial charge in [0, 0.05) is 36.3 Å². The molecular formula is C20H13N5O3. The van der Waals surface area contributed by atoms with Crippen molar-refractivity contribution in [2.24, 2.45) is 0 Å². The molecule has 3 heterocycles. The standard InChI is InChI=1S/C20H13N5O3/c21-11-15-17-19-18(14-3-1-2-4-16(14)23(19)10-9-22-17)24(20(15)26)12-5-7-13(8-6-12)25(27)28/h1-8,22H,9-10H2. The molecule has 0 spiro atoms. The molecule has 28 heavy (non-hydrogen) atoms. The summed E-state index contributed by atoms with van der Waals surface area (Å²) >= 11 is 0. The van der Waals surface area contributed by atoms with E-state index in [0.29, 0.717) is 30.0 Å². The number of rotatable bonds is 2. The zero-order valence-corrected chi connectivity index (χ0v) is 14.5. The highest BCUT2D eigenvalue weighted by Gasteiger charge is 2.26. The lowest BCUT2D eigenvalue weighted by Crippen LogP contribution is -2.27. The molecule has 0 aliphatic carbocycles. The summed E-state index contributed by atoms with van der Waals surface area (Å²) in [5.41, 5.74) is 3.01.